The van der Waals surface area contributed by atoms with Gasteiger partial charge < -0.3 is 9.64 Å². The second-order valence-electron chi connectivity index (χ2n) is 5.62. The summed E-state index contributed by atoms with van der Waals surface area (Å²) in [5.74, 6) is 0.481. The van der Waals surface area contributed by atoms with Gasteiger partial charge >= 0.3 is 0 Å². The molecule has 1 atom stereocenters. The lowest BCUT2D eigenvalue weighted by Crippen LogP contribution is -2.41. The van der Waals surface area contributed by atoms with Crippen molar-refractivity contribution in [1.29, 1.82) is 0 Å². The van der Waals surface area contributed by atoms with Crippen molar-refractivity contribution >= 4 is 17.2 Å². The number of hydrogen-bond acceptors (Lipinski definition) is 4. The molecule has 1 aliphatic rings. The van der Waals surface area contributed by atoms with Gasteiger partial charge in [-0.05, 0) is 18.8 Å². The third-order valence-corrected chi connectivity index (χ3v) is 4.84. The molecule has 0 N–H and O–H groups in total. The van der Waals surface area contributed by atoms with Crippen molar-refractivity contribution < 1.29 is 9.53 Å². The molecule has 1 unspecified atom stereocenters. The van der Waals surface area contributed by atoms with Crippen molar-refractivity contribution in [2.75, 3.05) is 26.8 Å². The molecule has 1 fully saturated rings. The number of hydrogen-bond donors (Lipinski definition) is 0. The van der Waals surface area contributed by atoms with Crippen LogP contribution in [0.2, 0.25) is 0 Å². The van der Waals surface area contributed by atoms with E-state index in [4.69, 9.17) is 4.74 Å². The van der Waals surface area contributed by atoms with Crippen molar-refractivity contribution in [2.24, 2.45) is 5.92 Å². The molecule has 1 aromatic heterocycles. The fraction of sp³-hybridized carbons (Fsp3) is 0.412. The zero-order chi connectivity index (χ0) is 15.4. The molecule has 1 aliphatic heterocycles. The number of benzene rings is 1. The summed E-state index contributed by atoms with van der Waals surface area (Å²) in [4.78, 5) is 19.1. The van der Waals surface area contributed by atoms with E-state index >= 15 is 0 Å². The summed E-state index contributed by atoms with van der Waals surface area (Å²) in [6, 6.07) is 9.98. The molecule has 5 heteroatoms. The Morgan fingerprint density at radius 3 is 3.00 bits per heavy atom. The number of carbonyl (C=O) groups excluding carboxylic acids is 1. The molecular formula is C17H20N2O2S. The molecule has 1 saturated heterocycles. The number of amides is 1. The van der Waals surface area contributed by atoms with E-state index in [9.17, 15) is 4.79 Å². The van der Waals surface area contributed by atoms with Crippen molar-refractivity contribution in [3.05, 3.63) is 41.4 Å². The molecule has 1 amide bonds. The predicted octanol–water partition coefficient (Wildman–Crippen LogP) is 3.31. The van der Waals surface area contributed by atoms with Gasteiger partial charge in [-0.3, -0.25) is 4.79 Å². The first-order valence-corrected chi connectivity index (χ1v) is 8.45. The number of ether oxygens (including phenoxy) is 1. The standard InChI is InChI=1S/C17H20N2O2S/c1-21-11-13-6-5-9-19(10-13)17(20)15-12-22-16(18-15)14-7-3-2-4-8-14/h2-4,7-8,12-13H,5-6,9-11H2,1H3. The Morgan fingerprint density at radius 2 is 2.23 bits per heavy atom. The number of aromatic nitrogens is 1. The average Bonchev–Trinajstić information content (AvgIpc) is 3.05. The first kappa shape index (κ1) is 15.2. The second-order valence-corrected chi connectivity index (χ2v) is 6.48. The topological polar surface area (TPSA) is 42.4 Å². The van der Waals surface area contributed by atoms with Crippen LogP contribution >= 0.6 is 11.3 Å². The minimum atomic E-state index is 0.0410. The molecule has 3 rings (SSSR count). The molecule has 0 spiro atoms. The lowest BCUT2D eigenvalue weighted by atomic mass is 9.99. The molecule has 0 aliphatic carbocycles. The number of carbonyl (C=O) groups is 1. The van der Waals surface area contributed by atoms with E-state index in [1.165, 1.54) is 11.3 Å². The molecular weight excluding hydrogens is 296 g/mol. The van der Waals surface area contributed by atoms with Crippen molar-refractivity contribution in [1.82, 2.24) is 9.88 Å². The van der Waals surface area contributed by atoms with Crippen LogP contribution in [0.1, 0.15) is 23.3 Å². The first-order chi connectivity index (χ1) is 10.8. The van der Waals surface area contributed by atoms with Crippen LogP contribution < -0.4 is 0 Å². The Morgan fingerprint density at radius 1 is 1.41 bits per heavy atom. The molecule has 22 heavy (non-hydrogen) atoms. The summed E-state index contributed by atoms with van der Waals surface area (Å²) >= 11 is 1.52. The van der Waals surface area contributed by atoms with Gasteiger partial charge in [0.05, 0.1) is 6.61 Å². The van der Waals surface area contributed by atoms with Crippen LogP contribution in [-0.4, -0.2) is 42.6 Å². The summed E-state index contributed by atoms with van der Waals surface area (Å²) in [5, 5.41) is 2.76. The fourth-order valence-corrected chi connectivity index (χ4v) is 3.67. The molecule has 4 nitrogen and oxygen atoms in total. The maximum atomic E-state index is 12.6. The molecule has 116 valence electrons. The van der Waals surface area contributed by atoms with Crippen molar-refractivity contribution in [2.45, 2.75) is 12.8 Å². The van der Waals surface area contributed by atoms with E-state index in [1.807, 2.05) is 40.6 Å². The second kappa shape index (κ2) is 7.03. The van der Waals surface area contributed by atoms with Gasteiger partial charge in [-0.2, -0.15) is 0 Å². The van der Waals surface area contributed by atoms with Gasteiger partial charge in [0.25, 0.3) is 5.91 Å². The van der Waals surface area contributed by atoms with Crippen LogP contribution in [0.15, 0.2) is 35.7 Å². The largest absolute Gasteiger partial charge is 0.384 e. The van der Waals surface area contributed by atoms with E-state index in [-0.39, 0.29) is 5.91 Å². The van der Waals surface area contributed by atoms with Crippen LogP contribution in [0.4, 0.5) is 0 Å². The Hall–Kier alpha value is -1.72. The Kier molecular flexibility index (Phi) is 4.85. The maximum Gasteiger partial charge on any atom is 0.273 e. The van der Waals surface area contributed by atoms with E-state index in [1.54, 1.807) is 7.11 Å². The highest BCUT2D eigenvalue weighted by Gasteiger charge is 2.25. The van der Waals surface area contributed by atoms with Gasteiger partial charge in [0.15, 0.2) is 0 Å². The Bertz CT molecular complexity index is 625. The minimum absolute atomic E-state index is 0.0410. The Balaban J connectivity index is 1.71. The van der Waals surface area contributed by atoms with E-state index in [0.717, 1.165) is 43.1 Å². The van der Waals surface area contributed by atoms with E-state index in [0.29, 0.717) is 11.6 Å². The van der Waals surface area contributed by atoms with Crippen LogP contribution in [0.3, 0.4) is 0 Å². The van der Waals surface area contributed by atoms with E-state index < -0.39 is 0 Å². The fourth-order valence-electron chi connectivity index (χ4n) is 2.87. The summed E-state index contributed by atoms with van der Waals surface area (Å²) in [5.41, 5.74) is 1.62. The van der Waals surface area contributed by atoms with Gasteiger partial charge in [0.1, 0.15) is 10.7 Å². The predicted molar refractivity (Wildman–Crippen MR) is 88.1 cm³/mol. The highest BCUT2D eigenvalue weighted by molar-refractivity contribution is 7.13. The number of likely N-dealkylation sites (tertiary alicyclic amines) is 1. The van der Waals surface area contributed by atoms with Crippen LogP contribution in [0.25, 0.3) is 10.6 Å². The zero-order valence-electron chi connectivity index (χ0n) is 12.7. The average molecular weight is 316 g/mol. The number of methoxy groups -OCH3 is 1. The lowest BCUT2D eigenvalue weighted by molar-refractivity contribution is 0.0566. The molecule has 2 aromatic rings. The zero-order valence-corrected chi connectivity index (χ0v) is 13.5. The summed E-state index contributed by atoms with van der Waals surface area (Å²) in [6.07, 6.45) is 2.17. The SMILES string of the molecule is COCC1CCCN(C(=O)c2csc(-c3ccccc3)n2)C1. The lowest BCUT2D eigenvalue weighted by Gasteiger charge is -2.31. The quantitative estimate of drug-likeness (QED) is 0.869. The molecule has 0 saturated carbocycles. The molecule has 0 radical (unpaired) electrons. The maximum absolute atomic E-state index is 12.6. The van der Waals surface area contributed by atoms with Gasteiger partial charge in [-0.25, -0.2) is 4.98 Å². The number of nitrogens with zero attached hydrogens (tertiary/aromatic N) is 2. The molecule has 2 heterocycles. The monoisotopic (exact) mass is 316 g/mol. The van der Waals surface area contributed by atoms with Gasteiger partial charge in [0.2, 0.25) is 0 Å². The summed E-state index contributed by atoms with van der Waals surface area (Å²) in [7, 11) is 1.72. The highest BCUT2D eigenvalue weighted by atomic mass is 32.1. The van der Waals surface area contributed by atoms with Gasteiger partial charge in [-0.1, -0.05) is 30.3 Å². The number of piperidine rings is 1. The van der Waals surface area contributed by atoms with Crippen LogP contribution in [-0.2, 0) is 4.74 Å². The van der Waals surface area contributed by atoms with E-state index in [2.05, 4.69) is 4.98 Å². The van der Waals surface area contributed by atoms with Gasteiger partial charge in [0, 0.05) is 31.1 Å². The van der Waals surface area contributed by atoms with Crippen molar-refractivity contribution in [3.63, 3.8) is 0 Å². The highest BCUT2D eigenvalue weighted by Crippen LogP contribution is 2.25. The smallest absolute Gasteiger partial charge is 0.273 e. The number of rotatable bonds is 4. The molecule has 0 bridgehead atoms. The number of thiazole rings is 1. The first-order valence-electron chi connectivity index (χ1n) is 7.57. The third-order valence-electron chi connectivity index (χ3n) is 3.95. The normalized spacial score (nSPS) is 18.4. The van der Waals surface area contributed by atoms with Crippen LogP contribution in [0, 0.1) is 5.92 Å². The third kappa shape index (κ3) is 3.36. The Labute approximate surface area is 134 Å². The molecule has 1 aromatic carbocycles. The van der Waals surface area contributed by atoms with Crippen LogP contribution in [0.5, 0.6) is 0 Å². The van der Waals surface area contributed by atoms with Gasteiger partial charge in [-0.15, -0.1) is 11.3 Å². The minimum Gasteiger partial charge on any atom is -0.384 e. The summed E-state index contributed by atoms with van der Waals surface area (Å²) < 4.78 is 5.23. The summed E-state index contributed by atoms with van der Waals surface area (Å²) in [6.45, 7) is 2.30. The van der Waals surface area contributed by atoms with Crippen molar-refractivity contribution in [3.8, 4) is 10.6 Å².